The number of thiophene rings is 1. The molecule has 1 N–H and O–H groups in total. The van der Waals surface area contributed by atoms with Crippen LogP contribution in [0, 0.1) is 17.8 Å². The first kappa shape index (κ1) is 18.8. The predicted octanol–water partition coefficient (Wildman–Crippen LogP) is 4.42. The minimum atomic E-state index is -0.0778. The van der Waals surface area contributed by atoms with Gasteiger partial charge in [0.25, 0.3) is 5.91 Å². The Bertz CT molecular complexity index is 811. The van der Waals surface area contributed by atoms with Crippen molar-refractivity contribution in [1.29, 1.82) is 0 Å². The average Bonchev–Trinajstić information content (AvgIpc) is 3.21. The number of hydrogen-bond acceptors (Lipinski definition) is 5. The number of thioether (sulfide) groups is 1. The zero-order valence-corrected chi connectivity index (χ0v) is 18.1. The quantitative estimate of drug-likeness (QED) is 0.553. The molecule has 6 rings (SSSR count). The molecule has 1 aliphatic heterocycles. The monoisotopic (exact) mass is 432 g/mol. The van der Waals surface area contributed by atoms with Crippen LogP contribution in [0.15, 0.2) is 22.4 Å². The fourth-order valence-electron chi connectivity index (χ4n) is 6.03. The molecule has 4 bridgehead atoms. The van der Waals surface area contributed by atoms with E-state index in [2.05, 4.69) is 5.32 Å². The van der Waals surface area contributed by atoms with Crippen LogP contribution in [-0.2, 0) is 9.59 Å². The molecule has 0 aromatic carbocycles. The van der Waals surface area contributed by atoms with Crippen molar-refractivity contribution in [2.45, 2.75) is 50.5 Å². The van der Waals surface area contributed by atoms with Gasteiger partial charge in [-0.1, -0.05) is 30.0 Å². The van der Waals surface area contributed by atoms with E-state index in [0.29, 0.717) is 22.2 Å². The van der Waals surface area contributed by atoms with Crippen molar-refractivity contribution in [3.05, 3.63) is 27.3 Å². The molecule has 1 saturated heterocycles. The highest BCUT2D eigenvalue weighted by Gasteiger charge is 2.51. The Hall–Kier alpha value is -1.18. The Balaban J connectivity index is 1.19. The molecule has 5 aliphatic rings. The van der Waals surface area contributed by atoms with Gasteiger partial charge in [-0.05, 0) is 73.8 Å². The molecule has 28 heavy (non-hydrogen) atoms. The molecule has 1 aromatic heterocycles. The van der Waals surface area contributed by atoms with Crippen molar-refractivity contribution < 1.29 is 9.59 Å². The normalized spacial score (nSPS) is 35.2. The molecule has 0 atom stereocenters. The highest BCUT2D eigenvalue weighted by molar-refractivity contribution is 8.26. The third-order valence-corrected chi connectivity index (χ3v) is 8.89. The first-order chi connectivity index (χ1) is 13.5. The van der Waals surface area contributed by atoms with Crippen LogP contribution in [-0.4, -0.2) is 33.1 Å². The van der Waals surface area contributed by atoms with Gasteiger partial charge in [0.1, 0.15) is 4.32 Å². The van der Waals surface area contributed by atoms with Gasteiger partial charge >= 0.3 is 0 Å². The van der Waals surface area contributed by atoms with E-state index in [0.717, 1.165) is 41.9 Å². The van der Waals surface area contributed by atoms with E-state index >= 15 is 0 Å². The number of amides is 2. The number of carbonyl (C=O) groups is 2. The van der Waals surface area contributed by atoms with Gasteiger partial charge in [-0.25, -0.2) is 0 Å². The molecule has 0 spiro atoms. The lowest BCUT2D eigenvalue weighted by molar-refractivity contribution is -0.127. The topological polar surface area (TPSA) is 49.4 Å². The highest BCUT2D eigenvalue weighted by atomic mass is 32.2. The van der Waals surface area contributed by atoms with Gasteiger partial charge in [0.15, 0.2) is 0 Å². The molecule has 2 amide bonds. The van der Waals surface area contributed by atoms with Crippen LogP contribution >= 0.6 is 35.3 Å². The van der Waals surface area contributed by atoms with Crippen molar-refractivity contribution in [3.63, 3.8) is 0 Å². The van der Waals surface area contributed by atoms with E-state index in [4.69, 9.17) is 12.2 Å². The maximum atomic E-state index is 12.7. The summed E-state index contributed by atoms with van der Waals surface area (Å²) in [6, 6.07) is 3.95. The average molecular weight is 433 g/mol. The van der Waals surface area contributed by atoms with Gasteiger partial charge in [-0.2, -0.15) is 0 Å². The minimum Gasteiger partial charge on any atom is -0.351 e. The number of nitrogens with one attached hydrogen (secondary N) is 1. The van der Waals surface area contributed by atoms with Crippen LogP contribution < -0.4 is 5.32 Å². The van der Waals surface area contributed by atoms with Crippen molar-refractivity contribution in [2.24, 2.45) is 17.8 Å². The van der Waals surface area contributed by atoms with Gasteiger partial charge in [0.2, 0.25) is 5.91 Å². The Labute approximate surface area is 179 Å². The molecule has 4 aliphatic carbocycles. The zero-order chi connectivity index (χ0) is 19.3. The van der Waals surface area contributed by atoms with E-state index in [-0.39, 0.29) is 17.4 Å². The zero-order valence-electron chi connectivity index (χ0n) is 15.7. The van der Waals surface area contributed by atoms with Gasteiger partial charge < -0.3 is 5.32 Å². The summed E-state index contributed by atoms with van der Waals surface area (Å²) >= 11 is 8.32. The van der Waals surface area contributed by atoms with E-state index < -0.39 is 0 Å². The molecule has 4 saturated carbocycles. The smallest absolute Gasteiger partial charge is 0.266 e. The van der Waals surface area contributed by atoms with E-state index in [1.165, 1.54) is 31.0 Å². The number of hydrogen-bond donors (Lipinski definition) is 1. The molecular weight excluding hydrogens is 408 g/mol. The number of thiocarbonyl (C=S) groups is 1. The summed E-state index contributed by atoms with van der Waals surface area (Å²) in [6.07, 6.45) is 9.74. The molecule has 0 unspecified atom stereocenters. The second-order valence-corrected chi connectivity index (χ2v) is 11.5. The molecular formula is C21H24N2O2S3. The number of rotatable bonds is 5. The summed E-state index contributed by atoms with van der Waals surface area (Å²) in [6.45, 7) is 0.366. The summed E-state index contributed by atoms with van der Waals surface area (Å²) in [5.41, 5.74) is 0.0281. The van der Waals surface area contributed by atoms with Crippen molar-refractivity contribution in [2.75, 3.05) is 6.54 Å². The van der Waals surface area contributed by atoms with Crippen LogP contribution in [0.1, 0.15) is 49.8 Å². The molecule has 1 aromatic rings. The third kappa shape index (κ3) is 3.57. The third-order valence-electron chi connectivity index (χ3n) is 6.70. The maximum absolute atomic E-state index is 12.7. The number of carbonyl (C=O) groups excluding carboxylic acids is 2. The lowest BCUT2D eigenvalue weighted by atomic mass is 9.53. The van der Waals surface area contributed by atoms with E-state index in [9.17, 15) is 9.59 Å². The van der Waals surface area contributed by atoms with Gasteiger partial charge in [-0.3, -0.25) is 14.5 Å². The summed E-state index contributed by atoms with van der Waals surface area (Å²) in [4.78, 5) is 28.7. The predicted molar refractivity (Wildman–Crippen MR) is 118 cm³/mol. The SMILES string of the molecule is O=C(CCN1C(=O)/C(=C\c2cccs2)SC1=S)NC12CC3CC(CC(C3)C1)C2. The molecule has 5 fully saturated rings. The molecule has 0 radical (unpaired) electrons. The fraction of sp³-hybridized carbons (Fsp3) is 0.571. The van der Waals surface area contributed by atoms with Crippen LogP contribution in [0.25, 0.3) is 6.08 Å². The largest absolute Gasteiger partial charge is 0.351 e. The van der Waals surface area contributed by atoms with Crippen LogP contribution in [0.3, 0.4) is 0 Å². The second-order valence-electron chi connectivity index (χ2n) is 8.84. The first-order valence-corrected chi connectivity index (χ1v) is 12.2. The van der Waals surface area contributed by atoms with Crippen LogP contribution in [0.5, 0.6) is 0 Å². The Morgan fingerprint density at radius 2 is 1.93 bits per heavy atom. The first-order valence-electron chi connectivity index (χ1n) is 10.1. The molecule has 148 valence electrons. The van der Waals surface area contributed by atoms with Gasteiger partial charge in [-0.15, -0.1) is 11.3 Å². The fourth-order valence-corrected chi connectivity index (χ4v) is 8.06. The summed E-state index contributed by atoms with van der Waals surface area (Å²) in [7, 11) is 0. The highest BCUT2D eigenvalue weighted by Crippen LogP contribution is 2.55. The van der Waals surface area contributed by atoms with Gasteiger partial charge in [0.05, 0.1) is 4.91 Å². The van der Waals surface area contributed by atoms with Crippen LogP contribution in [0.2, 0.25) is 0 Å². The van der Waals surface area contributed by atoms with Crippen LogP contribution in [0.4, 0.5) is 0 Å². The minimum absolute atomic E-state index is 0.0281. The maximum Gasteiger partial charge on any atom is 0.266 e. The summed E-state index contributed by atoms with van der Waals surface area (Å²) in [5.74, 6) is 2.41. The number of nitrogens with zero attached hydrogens (tertiary/aromatic N) is 1. The second kappa shape index (κ2) is 7.26. The van der Waals surface area contributed by atoms with Crippen molar-refractivity contribution in [3.8, 4) is 0 Å². The standard InChI is InChI=1S/C21H24N2O2S3/c24-18(22-21-10-13-6-14(11-21)8-15(7-13)12-21)3-4-23-19(25)17(28-20(23)26)9-16-2-1-5-27-16/h1-2,5,9,13-15H,3-4,6-8,10-12H2,(H,22,24)/b17-9+. The Kier molecular flexibility index (Phi) is 4.88. The Morgan fingerprint density at radius 3 is 2.54 bits per heavy atom. The van der Waals surface area contributed by atoms with Crippen molar-refractivity contribution >= 4 is 57.5 Å². The van der Waals surface area contributed by atoms with E-state index in [1.807, 2.05) is 23.6 Å². The molecule has 7 heteroatoms. The molecule has 2 heterocycles. The van der Waals surface area contributed by atoms with E-state index in [1.54, 1.807) is 16.2 Å². The van der Waals surface area contributed by atoms with Gasteiger partial charge in [0, 0.05) is 23.4 Å². The Morgan fingerprint density at radius 1 is 1.25 bits per heavy atom. The summed E-state index contributed by atoms with van der Waals surface area (Å²) < 4.78 is 0.551. The lowest BCUT2D eigenvalue weighted by Gasteiger charge is -2.57. The lowest BCUT2D eigenvalue weighted by Crippen LogP contribution is -2.60. The molecule has 4 nitrogen and oxygen atoms in total. The van der Waals surface area contributed by atoms with Crippen molar-refractivity contribution in [1.82, 2.24) is 10.2 Å². The summed E-state index contributed by atoms with van der Waals surface area (Å²) in [5, 5.41) is 5.37.